The Labute approximate surface area is 148 Å². The summed E-state index contributed by atoms with van der Waals surface area (Å²) in [5.74, 6) is 7.67. The van der Waals surface area contributed by atoms with Crippen molar-refractivity contribution in [2.45, 2.75) is 49.1 Å². The zero-order valence-corrected chi connectivity index (χ0v) is 14.5. The van der Waals surface area contributed by atoms with Crippen LogP contribution in [0.25, 0.3) is 10.9 Å². The molecule has 0 unspecified atom stereocenters. The number of thioether (sulfide) groups is 1. The SMILES string of the molecule is Nn1c(SCn2nnc3ccccc3c2=O)nnc1C1CCCCC1. The van der Waals surface area contributed by atoms with Crippen LogP contribution in [0.1, 0.15) is 43.8 Å². The predicted molar refractivity (Wildman–Crippen MR) is 95.7 cm³/mol. The summed E-state index contributed by atoms with van der Waals surface area (Å²) in [6, 6.07) is 7.17. The molecule has 3 aromatic rings. The van der Waals surface area contributed by atoms with E-state index >= 15 is 0 Å². The molecule has 2 aromatic heterocycles. The Kier molecular flexibility index (Phi) is 4.39. The van der Waals surface area contributed by atoms with Crippen LogP contribution in [0.4, 0.5) is 0 Å². The minimum absolute atomic E-state index is 0.173. The highest BCUT2D eigenvalue weighted by molar-refractivity contribution is 7.98. The molecule has 0 amide bonds. The lowest BCUT2D eigenvalue weighted by molar-refractivity contribution is 0.421. The second kappa shape index (κ2) is 6.83. The van der Waals surface area contributed by atoms with Crippen molar-refractivity contribution in [3.05, 3.63) is 40.4 Å². The van der Waals surface area contributed by atoms with Gasteiger partial charge >= 0.3 is 0 Å². The van der Waals surface area contributed by atoms with Crippen LogP contribution < -0.4 is 11.4 Å². The van der Waals surface area contributed by atoms with Gasteiger partial charge in [0.15, 0.2) is 5.82 Å². The van der Waals surface area contributed by atoms with Gasteiger partial charge in [-0.1, -0.05) is 48.4 Å². The summed E-state index contributed by atoms with van der Waals surface area (Å²) in [6.45, 7) is 0. The van der Waals surface area contributed by atoms with Gasteiger partial charge in [0.1, 0.15) is 5.52 Å². The highest BCUT2D eigenvalue weighted by Gasteiger charge is 2.22. The molecule has 2 heterocycles. The Morgan fingerprint density at radius 1 is 1.12 bits per heavy atom. The lowest BCUT2D eigenvalue weighted by Gasteiger charge is -2.20. The molecule has 0 spiro atoms. The second-order valence-electron chi connectivity index (χ2n) is 6.23. The number of fused-ring (bicyclic) bond motifs is 1. The van der Waals surface area contributed by atoms with E-state index in [4.69, 9.17) is 5.84 Å². The Bertz CT molecular complexity index is 945. The molecule has 2 N–H and O–H groups in total. The molecule has 1 aliphatic carbocycles. The van der Waals surface area contributed by atoms with Crippen LogP contribution in [-0.4, -0.2) is 29.9 Å². The van der Waals surface area contributed by atoms with Crippen LogP contribution in [0, 0.1) is 0 Å². The predicted octanol–water partition coefficient (Wildman–Crippen LogP) is 1.89. The van der Waals surface area contributed by atoms with E-state index in [9.17, 15) is 4.79 Å². The van der Waals surface area contributed by atoms with Crippen molar-refractivity contribution >= 4 is 22.7 Å². The normalized spacial score (nSPS) is 15.7. The molecule has 0 aliphatic heterocycles. The van der Waals surface area contributed by atoms with Crippen molar-refractivity contribution in [2.24, 2.45) is 0 Å². The van der Waals surface area contributed by atoms with Crippen molar-refractivity contribution in [3.63, 3.8) is 0 Å². The maximum absolute atomic E-state index is 12.5. The molecular formula is C16H19N7OS. The average molecular weight is 357 g/mol. The summed E-state index contributed by atoms with van der Waals surface area (Å²) in [4.78, 5) is 12.5. The second-order valence-corrected chi connectivity index (χ2v) is 7.14. The summed E-state index contributed by atoms with van der Waals surface area (Å²) >= 11 is 1.33. The number of nitrogens with zero attached hydrogens (tertiary/aromatic N) is 6. The standard InChI is InChI=1S/C16H19N7OS/c17-23-14(11-6-2-1-3-7-11)19-20-16(23)25-10-22-15(24)12-8-4-5-9-13(12)18-21-22/h4-5,8-9,11H,1-3,6-7,10,17H2. The van der Waals surface area contributed by atoms with Gasteiger partial charge in [0.05, 0.1) is 11.3 Å². The maximum Gasteiger partial charge on any atom is 0.278 e. The van der Waals surface area contributed by atoms with Crippen LogP contribution in [0.5, 0.6) is 0 Å². The fourth-order valence-electron chi connectivity index (χ4n) is 3.25. The number of nitrogen functional groups attached to an aromatic ring is 1. The molecule has 1 saturated carbocycles. The Morgan fingerprint density at radius 3 is 2.76 bits per heavy atom. The van der Waals surface area contributed by atoms with Crippen LogP contribution >= 0.6 is 11.8 Å². The third-order valence-corrected chi connectivity index (χ3v) is 5.52. The maximum atomic E-state index is 12.5. The van der Waals surface area contributed by atoms with Crippen molar-refractivity contribution in [1.82, 2.24) is 29.9 Å². The molecule has 0 bridgehead atoms. The number of nitrogens with two attached hydrogens (primary N) is 1. The molecule has 8 nitrogen and oxygen atoms in total. The molecule has 9 heteroatoms. The summed E-state index contributed by atoms with van der Waals surface area (Å²) in [7, 11) is 0. The summed E-state index contributed by atoms with van der Waals surface area (Å²) < 4.78 is 2.88. The zero-order chi connectivity index (χ0) is 17.2. The van der Waals surface area contributed by atoms with Gasteiger partial charge in [-0.3, -0.25) is 4.79 Å². The summed E-state index contributed by atoms with van der Waals surface area (Å²) in [5, 5.41) is 17.7. The summed E-state index contributed by atoms with van der Waals surface area (Å²) in [5.41, 5.74) is 0.420. The van der Waals surface area contributed by atoms with Gasteiger partial charge in [-0.2, -0.15) is 4.68 Å². The van der Waals surface area contributed by atoms with Crippen LogP contribution in [0.2, 0.25) is 0 Å². The van der Waals surface area contributed by atoms with Crippen LogP contribution in [0.3, 0.4) is 0 Å². The first-order valence-corrected chi connectivity index (χ1v) is 9.38. The van der Waals surface area contributed by atoms with E-state index in [0.717, 1.165) is 18.7 Å². The molecule has 0 saturated heterocycles. The molecule has 1 fully saturated rings. The number of hydrogen-bond donors (Lipinski definition) is 1. The molecule has 1 aliphatic rings. The van der Waals surface area contributed by atoms with Crippen molar-refractivity contribution < 1.29 is 0 Å². The Hall–Kier alpha value is -2.42. The Morgan fingerprint density at radius 2 is 1.92 bits per heavy atom. The lowest BCUT2D eigenvalue weighted by atomic mass is 9.89. The van der Waals surface area contributed by atoms with Gasteiger partial charge < -0.3 is 5.84 Å². The van der Waals surface area contributed by atoms with Crippen molar-refractivity contribution in [2.75, 3.05) is 5.84 Å². The third kappa shape index (κ3) is 3.11. The van der Waals surface area contributed by atoms with Crippen LogP contribution in [0.15, 0.2) is 34.2 Å². The van der Waals surface area contributed by atoms with E-state index in [1.807, 2.05) is 12.1 Å². The van der Waals surface area contributed by atoms with E-state index in [2.05, 4.69) is 20.5 Å². The minimum Gasteiger partial charge on any atom is -0.336 e. The number of hydrogen-bond acceptors (Lipinski definition) is 7. The fraction of sp³-hybridized carbons (Fsp3) is 0.438. The van der Waals surface area contributed by atoms with Gasteiger partial charge in [0.2, 0.25) is 5.16 Å². The largest absolute Gasteiger partial charge is 0.336 e. The van der Waals surface area contributed by atoms with E-state index in [0.29, 0.717) is 22.0 Å². The molecule has 0 radical (unpaired) electrons. The molecule has 4 rings (SSSR count). The smallest absolute Gasteiger partial charge is 0.278 e. The van der Waals surface area contributed by atoms with Gasteiger partial charge in [-0.15, -0.1) is 15.3 Å². The molecule has 130 valence electrons. The van der Waals surface area contributed by atoms with Crippen LogP contribution in [-0.2, 0) is 5.88 Å². The number of rotatable bonds is 4. The monoisotopic (exact) mass is 357 g/mol. The van der Waals surface area contributed by atoms with Crippen molar-refractivity contribution in [1.29, 1.82) is 0 Å². The molecule has 1 aromatic carbocycles. The zero-order valence-electron chi connectivity index (χ0n) is 13.7. The van der Waals surface area contributed by atoms with Gasteiger partial charge in [0, 0.05) is 5.92 Å². The average Bonchev–Trinajstić information content (AvgIpc) is 3.03. The number of benzene rings is 1. The first-order valence-electron chi connectivity index (χ1n) is 8.40. The van der Waals surface area contributed by atoms with Gasteiger partial charge in [0.25, 0.3) is 5.56 Å². The lowest BCUT2D eigenvalue weighted by Crippen LogP contribution is -2.24. The third-order valence-electron chi connectivity index (χ3n) is 4.61. The number of aromatic nitrogens is 6. The fourth-order valence-corrected chi connectivity index (χ4v) is 3.99. The highest BCUT2D eigenvalue weighted by Crippen LogP contribution is 2.32. The first-order chi connectivity index (χ1) is 12.2. The van der Waals surface area contributed by atoms with E-state index in [-0.39, 0.29) is 11.4 Å². The van der Waals surface area contributed by atoms with E-state index in [1.54, 1.807) is 16.8 Å². The topological polar surface area (TPSA) is 105 Å². The quantitative estimate of drug-likeness (QED) is 0.561. The molecule has 25 heavy (non-hydrogen) atoms. The van der Waals surface area contributed by atoms with E-state index < -0.39 is 0 Å². The first kappa shape index (κ1) is 16.1. The molecule has 0 atom stereocenters. The minimum atomic E-state index is -0.173. The van der Waals surface area contributed by atoms with Crippen molar-refractivity contribution in [3.8, 4) is 0 Å². The Balaban J connectivity index is 1.53. The molecular weight excluding hydrogens is 338 g/mol. The summed E-state index contributed by atoms with van der Waals surface area (Å²) in [6.07, 6.45) is 5.91. The van der Waals surface area contributed by atoms with E-state index in [1.165, 1.54) is 35.7 Å². The van der Waals surface area contributed by atoms with Gasteiger partial charge in [-0.25, -0.2) is 4.68 Å². The van der Waals surface area contributed by atoms with Gasteiger partial charge in [-0.05, 0) is 25.0 Å². The highest BCUT2D eigenvalue weighted by atomic mass is 32.2.